The SMILES string of the molecule is CCN1C(=O)c2ccc(C(=O)N(C)CCC3CCCCC3)cc2S1(=O)=O. The van der Waals surface area contributed by atoms with Crippen molar-refractivity contribution in [3.8, 4) is 0 Å². The maximum Gasteiger partial charge on any atom is 0.268 e. The lowest BCUT2D eigenvalue weighted by Gasteiger charge is -2.24. The topological polar surface area (TPSA) is 74.8 Å². The van der Waals surface area contributed by atoms with Crippen molar-refractivity contribution in [1.29, 1.82) is 0 Å². The van der Waals surface area contributed by atoms with Crippen LogP contribution in [0.5, 0.6) is 0 Å². The molecule has 0 N–H and O–H groups in total. The minimum atomic E-state index is -3.84. The molecule has 142 valence electrons. The van der Waals surface area contributed by atoms with Crippen molar-refractivity contribution in [2.24, 2.45) is 5.92 Å². The summed E-state index contributed by atoms with van der Waals surface area (Å²) in [5.74, 6) is -0.0523. The van der Waals surface area contributed by atoms with Gasteiger partial charge in [-0.05, 0) is 37.5 Å². The van der Waals surface area contributed by atoms with E-state index in [2.05, 4.69) is 0 Å². The number of benzene rings is 1. The van der Waals surface area contributed by atoms with Crippen molar-refractivity contribution in [3.05, 3.63) is 29.3 Å². The minimum absolute atomic E-state index is 0.0594. The Morgan fingerprint density at radius 2 is 1.92 bits per heavy atom. The van der Waals surface area contributed by atoms with Gasteiger partial charge in [-0.25, -0.2) is 12.7 Å². The number of nitrogens with zero attached hydrogens (tertiary/aromatic N) is 2. The second-order valence-electron chi connectivity index (χ2n) is 7.21. The van der Waals surface area contributed by atoms with Crippen LogP contribution in [0.25, 0.3) is 0 Å². The average molecular weight is 378 g/mol. The Labute approximate surface area is 155 Å². The Morgan fingerprint density at radius 3 is 2.58 bits per heavy atom. The predicted molar refractivity (Wildman–Crippen MR) is 98.5 cm³/mol. The highest BCUT2D eigenvalue weighted by Gasteiger charge is 2.40. The number of hydrogen-bond acceptors (Lipinski definition) is 4. The zero-order valence-corrected chi connectivity index (χ0v) is 16.2. The molecule has 0 atom stereocenters. The molecule has 0 aromatic heterocycles. The van der Waals surface area contributed by atoms with Gasteiger partial charge in [0.1, 0.15) is 4.90 Å². The molecule has 6 nitrogen and oxygen atoms in total. The van der Waals surface area contributed by atoms with E-state index in [9.17, 15) is 18.0 Å². The van der Waals surface area contributed by atoms with Crippen molar-refractivity contribution in [2.75, 3.05) is 20.1 Å². The fraction of sp³-hybridized carbons (Fsp3) is 0.579. The Kier molecular flexibility index (Phi) is 5.37. The number of hydrogen-bond donors (Lipinski definition) is 0. The molecular weight excluding hydrogens is 352 g/mol. The molecule has 3 rings (SSSR count). The minimum Gasteiger partial charge on any atom is -0.342 e. The van der Waals surface area contributed by atoms with Gasteiger partial charge in [-0.1, -0.05) is 32.1 Å². The molecule has 1 aliphatic heterocycles. The van der Waals surface area contributed by atoms with E-state index in [1.165, 1.54) is 44.2 Å². The van der Waals surface area contributed by atoms with Crippen molar-refractivity contribution in [1.82, 2.24) is 9.21 Å². The van der Waals surface area contributed by atoms with Gasteiger partial charge in [-0.2, -0.15) is 0 Å². The number of fused-ring (bicyclic) bond motifs is 1. The predicted octanol–water partition coefficient (Wildman–Crippen LogP) is 2.89. The molecule has 1 aliphatic carbocycles. The summed E-state index contributed by atoms with van der Waals surface area (Å²) in [4.78, 5) is 26.5. The number of carbonyl (C=O) groups excluding carboxylic acids is 2. The summed E-state index contributed by atoms with van der Waals surface area (Å²) in [6.07, 6.45) is 7.29. The zero-order valence-electron chi connectivity index (χ0n) is 15.4. The van der Waals surface area contributed by atoms with E-state index in [0.29, 0.717) is 18.0 Å². The van der Waals surface area contributed by atoms with Gasteiger partial charge in [0.15, 0.2) is 0 Å². The Morgan fingerprint density at radius 1 is 1.23 bits per heavy atom. The summed E-state index contributed by atoms with van der Waals surface area (Å²) in [6.45, 7) is 2.36. The van der Waals surface area contributed by atoms with Crippen LogP contribution in [0.15, 0.2) is 23.1 Å². The van der Waals surface area contributed by atoms with Crippen molar-refractivity contribution in [3.63, 3.8) is 0 Å². The molecule has 2 aliphatic rings. The van der Waals surface area contributed by atoms with Gasteiger partial charge < -0.3 is 4.90 Å². The van der Waals surface area contributed by atoms with Crippen LogP contribution in [0.3, 0.4) is 0 Å². The van der Waals surface area contributed by atoms with Gasteiger partial charge in [0.25, 0.3) is 21.8 Å². The Balaban J connectivity index is 1.74. The molecule has 1 fully saturated rings. The van der Waals surface area contributed by atoms with Crippen LogP contribution in [0.4, 0.5) is 0 Å². The molecule has 1 aromatic carbocycles. The van der Waals surface area contributed by atoms with E-state index < -0.39 is 15.9 Å². The molecule has 0 spiro atoms. The van der Waals surface area contributed by atoms with E-state index in [4.69, 9.17) is 0 Å². The van der Waals surface area contributed by atoms with Gasteiger partial charge in [0.2, 0.25) is 0 Å². The molecule has 1 saturated carbocycles. The zero-order chi connectivity index (χ0) is 18.9. The smallest absolute Gasteiger partial charge is 0.268 e. The number of sulfonamides is 1. The maximum absolute atomic E-state index is 12.7. The van der Waals surface area contributed by atoms with Gasteiger partial charge in [-0.15, -0.1) is 0 Å². The summed E-state index contributed by atoms with van der Waals surface area (Å²) < 4.78 is 25.8. The normalized spacial score (nSPS) is 19.5. The van der Waals surface area contributed by atoms with Gasteiger partial charge in [0, 0.05) is 25.7 Å². The highest BCUT2D eigenvalue weighted by molar-refractivity contribution is 7.90. The highest BCUT2D eigenvalue weighted by atomic mass is 32.2. The van der Waals surface area contributed by atoms with E-state index in [0.717, 1.165) is 10.7 Å². The van der Waals surface area contributed by atoms with Crippen molar-refractivity contribution in [2.45, 2.75) is 50.3 Å². The first-order chi connectivity index (χ1) is 12.4. The molecule has 26 heavy (non-hydrogen) atoms. The third-order valence-corrected chi connectivity index (χ3v) is 7.38. The molecule has 0 bridgehead atoms. The molecule has 0 saturated heterocycles. The van der Waals surface area contributed by atoms with Gasteiger partial charge in [-0.3, -0.25) is 9.59 Å². The molecule has 2 amide bonds. The third-order valence-electron chi connectivity index (χ3n) is 5.48. The number of carbonyl (C=O) groups is 2. The summed E-state index contributed by atoms with van der Waals surface area (Å²) in [5.41, 5.74) is 0.456. The standard InChI is InChI=1S/C19H26N2O4S/c1-3-21-19(23)16-10-9-15(13-17(16)26(21,24)25)18(22)20(2)12-11-14-7-5-4-6-8-14/h9-10,13-14H,3-8,11-12H2,1-2H3. The van der Waals surface area contributed by atoms with E-state index >= 15 is 0 Å². The summed E-state index contributed by atoms with van der Waals surface area (Å²) >= 11 is 0. The van der Waals surface area contributed by atoms with Crippen LogP contribution in [0, 0.1) is 5.92 Å². The Hall–Kier alpha value is -1.89. The second kappa shape index (κ2) is 7.39. The molecular formula is C19H26N2O4S. The lowest BCUT2D eigenvalue weighted by molar-refractivity contribution is 0.0782. The molecule has 0 radical (unpaired) electrons. The molecule has 7 heteroatoms. The third kappa shape index (κ3) is 3.37. The lowest BCUT2D eigenvalue weighted by atomic mass is 9.87. The van der Waals surface area contributed by atoms with E-state index in [-0.39, 0.29) is 22.9 Å². The second-order valence-corrected chi connectivity index (χ2v) is 9.04. The first-order valence-electron chi connectivity index (χ1n) is 9.33. The Bertz CT molecular complexity index is 813. The first kappa shape index (κ1) is 18.9. The fourth-order valence-corrected chi connectivity index (χ4v) is 5.50. The van der Waals surface area contributed by atoms with E-state index in [1.54, 1.807) is 24.9 Å². The highest BCUT2D eigenvalue weighted by Crippen LogP contribution is 2.31. The summed E-state index contributed by atoms with van der Waals surface area (Å²) in [6, 6.07) is 4.34. The van der Waals surface area contributed by atoms with Crippen LogP contribution in [0.1, 0.15) is 66.2 Å². The van der Waals surface area contributed by atoms with Crippen LogP contribution < -0.4 is 0 Å². The van der Waals surface area contributed by atoms with Crippen molar-refractivity contribution < 1.29 is 18.0 Å². The average Bonchev–Trinajstić information content (AvgIpc) is 2.85. The van der Waals surface area contributed by atoms with Crippen LogP contribution in [-0.4, -0.2) is 49.6 Å². The maximum atomic E-state index is 12.7. The fourth-order valence-electron chi connectivity index (χ4n) is 3.90. The molecule has 1 heterocycles. The van der Waals surface area contributed by atoms with Crippen LogP contribution in [-0.2, 0) is 10.0 Å². The number of amides is 2. The summed E-state index contributed by atoms with van der Waals surface area (Å²) in [5, 5.41) is 0. The van der Waals surface area contributed by atoms with Crippen LogP contribution >= 0.6 is 0 Å². The quantitative estimate of drug-likeness (QED) is 0.790. The first-order valence-corrected chi connectivity index (χ1v) is 10.8. The molecule has 1 aromatic rings. The van der Waals surface area contributed by atoms with Gasteiger partial charge in [0.05, 0.1) is 5.56 Å². The van der Waals surface area contributed by atoms with Crippen LogP contribution in [0.2, 0.25) is 0 Å². The summed E-state index contributed by atoms with van der Waals surface area (Å²) in [7, 11) is -2.10. The largest absolute Gasteiger partial charge is 0.342 e. The molecule has 0 unspecified atom stereocenters. The number of rotatable bonds is 5. The van der Waals surface area contributed by atoms with Crippen molar-refractivity contribution >= 4 is 21.8 Å². The van der Waals surface area contributed by atoms with Gasteiger partial charge >= 0.3 is 0 Å². The lowest BCUT2D eigenvalue weighted by Crippen LogP contribution is -2.30. The monoisotopic (exact) mass is 378 g/mol. The van der Waals surface area contributed by atoms with E-state index in [1.807, 2.05) is 0 Å².